The van der Waals surface area contributed by atoms with E-state index in [4.69, 9.17) is 0 Å². The molecule has 1 saturated heterocycles. The number of pyridine rings is 1. The molecule has 0 aliphatic carbocycles. The quantitative estimate of drug-likeness (QED) is 0.684. The van der Waals surface area contributed by atoms with Crippen LogP contribution in [0.1, 0.15) is 29.9 Å². The van der Waals surface area contributed by atoms with Crippen molar-refractivity contribution in [1.29, 1.82) is 0 Å². The topological polar surface area (TPSA) is 86.3 Å². The van der Waals surface area contributed by atoms with E-state index in [1.54, 1.807) is 12.1 Å². The largest absolute Gasteiger partial charge is 0.507 e. The van der Waals surface area contributed by atoms with Crippen molar-refractivity contribution in [3.8, 4) is 17.0 Å². The molecule has 0 spiro atoms. The SMILES string of the molecule is O=C1NCc2c(C3CCCNC3)cc(-c3ccccc3O)nc2N1. The van der Waals surface area contributed by atoms with Crippen LogP contribution in [0.3, 0.4) is 0 Å². The Bertz CT molecular complexity index is 785. The van der Waals surface area contributed by atoms with Gasteiger partial charge in [-0.25, -0.2) is 9.78 Å². The molecule has 124 valence electrons. The second-order valence-electron chi connectivity index (χ2n) is 6.29. The Morgan fingerprint density at radius 3 is 2.92 bits per heavy atom. The molecule has 2 aliphatic rings. The molecule has 1 unspecified atom stereocenters. The van der Waals surface area contributed by atoms with Gasteiger partial charge in [-0.3, -0.25) is 5.32 Å². The Kier molecular flexibility index (Phi) is 3.82. The highest BCUT2D eigenvalue weighted by Crippen LogP contribution is 2.36. The number of piperidine rings is 1. The van der Waals surface area contributed by atoms with Crippen molar-refractivity contribution in [1.82, 2.24) is 15.6 Å². The molecule has 1 aromatic heterocycles. The maximum atomic E-state index is 11.7. The summed E-state index contributed by atoms with van der Waals surface area (Å²) < 4.78 is 0. The van der Waals surface area contributed by atoms with Crippen LogP contribution >= 0.6 is 0 Å². The molecule has 6 heteroatoms. The summed E-state index contributed by atoms with van der Waals surface area (Å²) in [5, 5.41) is 19.2. The van der Waals surface area contributed by atoms with E-state index < -0.39 is 0 Å². The van der Waals surface area contributed by atoms with Crippen LogP contribution in [0.5, 0.6) is 5.75 Å². The summed E-state index contributed by atoms with van der Waals surface area (Å²) >= 11 is 0. The van der Waals surface area contributed by atoms with Crippen molar-refractivity contribution in [2.75, 3.05) is 18.4 Å². The van der Waals surface area contributed by atoms with Gasteiger partial charge in [-0.2, -0.15) is 0 Å². The minimum atomic E-state index is -0.239. The Balaban J connectivity index is 1.85. The van der Waals surface area contributed by atoms with Crippen LogP contribution in [0.4, 0.5) is 10.6 Å². The molecule has 2 amide bonds. The molecule has 3 heterocycles. The molecular weight excluding hydrogens is 304 g/mol. The second kappa shape index (κ2) is 6.13. The van der Waals surface area contributed by atoms with E-state index in [1.807, 2.05) is 12.1 Å². The standard InChI is InChI=1S/C18H20N4O2/c23-16-6-2-1-5-12(16)15-8-13(11-4-3-7-19-9-11)14-10-20-18(24)22-17(14)21-15/h1-2,5-6,8,11,19,23H,3-4,7,9-10H2,(H2,20,21,22,24). The van der Waals surface area contributed by atoms with Crippen LogP contribution in [-0.4, -0.2) is 29.2 Å². The maximum absolute atomic E-state index is 11.7. The predicted octanol–water partition coefficient (Wildman–Crippen LogP) is 2.56. The third-order valence-corrected chi connectivity index (χ3v) is 4.73. The zero-order chi connectivity index (χ0) is 16.5. The molecule has 1 atom stereocenters. The third kappa shape index (κ3) is 2.69. The fraction of sp³-hybridized carbons (Fsp3) is 0.333. The van der Waals surface area contributed by atoms with E-state index in [0.29, 0.717) is 29.5 Å². The molecule has 0 saturated carbocycles. The van der Waals surface area contributed by atoms with Crippen molar-refractivity contribution < 1.29 is 9.90 Å². The predicted molar refractivity (Wildman–Crippen MR) is 92.0 cm³/mol. The summed E-state index contributed by atoms with van der Waals surface area (Å²) in [4.78, 5) is 16.3. The molecule has 0 radical (unpaired) electrons. The number of carbonyl (C=O) groups is 1. The van der Waals surface area contributed by atoms with Gasteiger partial charge in [0, 0.05) is 24.2 Å². The number of urea groups is 1. The van der Waals surface area contributed by atoms with Gasteiger partial charge in [0.05, 0.1) is 5.69 Å². The number of amides is 2. The molecule has 2 aromatic rings. The lowest BCUT2D eigenvalue weighted by Crippen LogP contribution is -2.36. The average molecular weight is 324 g/mol. The summed E-state index contributed by atoms with van der Waals surface area (Å²) in [6.07, 6.45) is 2.24. The number of phenols is 1. The van der Waals surface area contributed by atoms with Crippen molar-refractivity contribution >= 4 is 11.8 Å². The van der Waals surface area contributed by atoms with Crippen molar-refractivity contribution in [2.24, 2.45) is 0 Å². The molecule has 24 heavy (non-hydrogen) atoms. The number of hydrogen-bond acceptors (Lipinski definition) is 4. The maximum Gasteiger partial charge on any atom is 0.320 e. The number of rotatable bonds is 2. The van der Waals surface area contributed by atoms with Gasteiger partial charge in [-0.1, -0.05) is 12.1 Å². The monoisotopic (exact) mass is 324 g/mol. The van der Waals surface area contributed by atoms with E-state index in [0.717, 1.165) is 31.5 Å². The van der Waals surface area contributed by atoms with Crippen LogP contribution in [0.2, 0.25) is 0 Å². The van der Waals surface area contributed by atoms with Gasteiger partial charge in [0.1, 0.15) is 11.6 Å². The van der Waals surface area contributed by atoms with Gasteiger partial charge in [0.25, 0.3) is 0 Å². The van der Waals surface area contributed by atoms with Gasteiger partial charge in [0.2, 0.25) is 0 Å². The zero-order valence-corrected chi connectivity index (χ0v) is 13.3. The minimum Gasteiger partial charge on any atom is -0.507 e. The number of benzene rings is 1. The highest BCUT2D eigenvalue weighted by atomic mass is 16.3. The second-order valence-corrected chi connectivity index (χ2v) is 6.29. The fourth-order valence-electron chi connectivity index (χ4n) is 3.51. The third-order valence-electron chi connectivity index (χ3n) is 4.73. The Morgan fingerprint density at radius 1 is 1.25 bits per heavy atom. The lowest BCUT2D eigenvalue weighted by molar-refractivity contribution is 0.250. The number of fused-ring (bicyclic) bond motifs is 1. The fourth-order valence-corrected chi connectivity index (χ4v) is 3.51. The van der Waals surface area contributed by atoms with Crippen LogP contribution in [0, 0.1) is 0 Å². The number of nitrogens with zero attached hydrogens (tertiary/aromatic N) is 1. The molecular formula is C18H20N4O2. The molecule has 6 nitrogen and oxygen atoms in total. The number of anilines is 1. The highest BCUT2D eigenvalue weighted by molar-refractivity contribution is 5.92. The van der Waals surface area contributed by atoms with Gasteiger partial charge >= 0.3 is 6.03 Å². The first-order chi connectivity index (χ1) is 11.7. The highest BCUT2D eigenvalue weighted by Gasteiger charge is 2.26. The van der Waals surface area contributed by atoms with Gasteiger partial charge in [0.15, 0.2) is 0 Å². The summed E-state index contributed by atoms with van der Waals surface area (Å²) in [6.45, 7) is 2.46. The van der Waals surface area contributed by atoms with Crippen LogP contribution in [0.15, 0.2) is 30.3 Å². The molecule has 1 fully saturated rings. The molecule has 1 aromatic carbocycles. The number of aromatic hydroxyl groups is 1. The smallest absolute Gasteiger partial charge is 0.320 e. The van der Waals surface area contributed by atoms with Crippen molar-refractivity contribution in [3.05, 3.63) is 41.5 Å². The molecule has 0 bridgehead atoms. The summed E-state index contributed by atoms with van der Waals surface area (Å²) in [6, 6.07) is 8.98. The van der Waals surface area contributed by atoms with E-state index in [2.05, 4.69) is 27.0 Å². The number of carbonyl (C=O) groups excluding carboxylic acids is 1. The number of para-hydroxylation sites is 1. The average Bonchev–Trinajstić information content (AvgIpc) is 2.61. The summed E-state index contributed by atoms with van der Waals surface area (Å²) in [5.41, 5.74) is 3.60. The number of nitrogens with one attached hydrogen (secondary N) is 3. The van der Waals surface area contributed by atoms with Crippen LogP contribution in [-0.2, 0) is 6.54 Å². The number of phenolic OH excluding ortho intramolecular Hbond substituents is 1. The van der Waals surface area contributed by atoms with E-state index in [1.165, 1.54) is 5.56 Å². The van der Waals surface area contributed by atoms with Crippen molar-refractivity contribution in [2.45, 2.75) is 25.3 Å². The number of hydrogen-bond donors (Lipinski definition) is 4. The van der Waals surface area contributed by atoms with Gasteiger partial charge < -0.3 is 15.7 Å². The summed E-state index contributed by atoms with van der Waals surface area (Å²) in [5.74, 6) is 1.18. The number of aromatic nitrogens is 1. The Morgan fingerprint density at radius 2 is 2.12 bits per heavy atom. The van der Waals surface area contributed by atoms with Gasteiger partial charge in [-0.15, -0.1) is 0 Å². The first kappa shape index (κ1) is 15.0. The van der Waals surface area contributed by atoms with Crippen LogP contribution < -0.4 is 16.0 Å². The lowest BCUT2D eigenvalue weighted by atomic mass is 9.87. The molecule has 4 N–H and O–H groups in total. The zero-order valence-electron chi connectivity index (χ0n) is 13.3. The lowest BCUT2D eigenvalue weighted by Gasteiger charge is -2.29. The Labute approximate surface area is 140 Å². The van der Waals surface area contributed by atoms with Gasteiger partial charge in [-0.05, 0) is 49.1 Å². The minimum absolute atomic E-state index is 0.193. The van der Waals surface area contributed by atoms with E-state index in [-0.39, 0.29) is 11.8 Å². The van der Waals surface area contributed by atoms with Crippen LogP contribution in [0.25, 0.3) is 11.3 Å². The first-order valence-corrected chi connectivity index (χ1v) is 8.30. The molecule has 2 aliphatic heterocycles. The normalized spacial score (nSPS) is 20.0. The Hall–Kier alpha value is -2.60. The van der Waals surface area contributed by atoms with E-state index >= 15 is 0 Å². The van der Waals surface area contributed by atoms with E-state index in [9.17, 15) is 9.90 Å². The molecule has 4 rings (SSSR count). The summed E-state index contributed by atoms with van der Waals surface area (Å²) in [7, 11) is 0. The first-order valence-electron chi connectivity index (χ1n) is 8.30. The van der Waals surface area contributed by atoms with Crippen molar-refractivity contribution in [3.63, 3.8) is 0 Å².